The highest BCUT2D eigenvalue weighted by Crippen LogP contribution is 2.33. The second-order valence-corrected chi connectivity index (χ2v) is 5.08. The van der Waals surface area contributed by atoms with Crippen LogP contribution in [0.4, 0.5) is 11.5 Å². The smallest absolute Gasteiger partial charge is 0.290 e. The van der Waals surface area contributed by atoms with E-state index in [4.69, 9.17) is 34.8 Å². The van der Waals surface area contributed by atoms with Gasteiger partial charge in [-0.15, -0.1) is 0 Å². The van der Waals surface area contributed by atoms with E-state index in [-0.39, 0.29) is 21.4 Å². The van der Waals surface area contributed by atoms with Crippen molar-refractivity contribution < 1.29 is 9.72 Å². The van der Waals surface area contributed by atoms with E-state index in [1.807, 2.05) is 0 Å². The lowest BCUT2D eigenvalue weighted by Crippen LogP contribution is -2.13. The molecule has 0 aliphatic carbocycles. The molecule has 0 unspecified atom stereocenters. The number of hydrogen-bond acceptors (Lipinski definition) is 4. The van der Waals surface area contributed by atoms with Crippen molar-refractivity contribution in [3.63, 3.8) is 0 Å². The molecule has 21 heavy (non-hydrogen) atoms. The first-order chi connectivity index (χ1) is 9.88. The Balaban J connectivity index is 2.33. The Hall–Kier alpha value is -1.89. The SMILES string of the molecule is O=C(Nc1cc(Cl)ccn1)c1cc(Cl)c(Cl)c([N+](=O)[O-])c1. The van der Waals surface area contributed by atoms with Crippen LogP contribution in [0.15, 0.2) is 30.5 Å². The summed E-state index contributed by atoms with van der Waals surface area (Å²) in [4.78, 5) is 26.1. The highest BCUT2D eigenvalue weighted by Gasteiger charge is 2.20. The zero-order valence-electron chi connectivity index (χ0n) is 10.1. The predicted octanol–water partition coefficient (Wildman–Crippen LogP) is 4.20. The minimum Gasteiger partial charge on any atom is -0.307 e. The van der Waals surface area contributed by atoms with Crippen LogP contribution >= 0.6 is 34.8 Å². The third-order valence-electron chi connectivity index (χ3n) is 2.43. The molecule has 0 radical (unpaired) electrons. The second-order valence-electron chi connectivity index (χ2n) is 3.86. The number of pyridine rings is 1. The Morgan fingerprint density at radius 2 is 1.95 bits per heavy atom. The summed E-state index contributed by atoms with van der Waals surface area (Å²) in [7, 11) is 0. The Labute approximate surface area is 133 Å². The molecule has 6 nitrogen and oxygen atoms in total. The van der Waals surface area contributed by atoms with Gasteiger partial charge in [-0.2, -0.15) is 0 Å². The van der Waals surface area contributed by atoms with Gasteiger partial charge in [0.2, 0.25) is 0 Å². The molecule has 0 saturated carbocycles. The molecule has 2 aromatic rings. The largest absolute Gasteiger partial charge is 0.307 e. The quantitative estimate of drug-likeness (QED) is 0.666. The van der Waals surface area contributed by atoms with Gasteiger partial charge < -0.3 is 5.32 Å². The number of nitrogens with one attached hydrogen (secondary N) is 1. The number of amides is 1. The summed E-state index contributed by atoms with van der Waals surface area (Å²) < 4.78 is 0. The molecule has 0 saturated heterocycles. The number of nitro benzene ring substituents is 1. The zero-order valence-corrected chi connectivity index (χ0v) is 12.4. The summed E-state index contributed by atoms with van der Waals surface area (Å²) in [5, 5.41) is 13.4. The van der Waals surface area contributed by atoms with Crippen LogP contribution in [0.1, 0.15) is 10.4 Å². The van der Waals surface area contributed by atoms with Gasteiger partial charge in [0.15, 0.2) is 0 Å². The molecule has 0 aliphatic rings. The van der Waals surface area contributed by atoms with Crippen LogP contribution in [0.2, 0.25) is 15.1 Å². The van der Waals surface area contributed by atoms with Gasteiger partial charge in [-0.3, -0.25) is 14.9 Å². The molecule has 0 atom stereocenters. The van der Waals surface area contributed by atoms with Crippen LogP contribution < -0.4 is 5.32 Å². The van der Waals surface area contributed by atoms with Gasteiger partial charge in [0.05, 0.1) is 9.95 Å². The van der Waals surface area contributed by atoms with E-state index in [1.54, 1.807) is 6.07 Å². The van der Waals surface area contributed by atoms with Crippen molar-refractivity contribution in [3.8, 4) is 0 Å². The van der Waals surface area contributed by atoms with E-state index in [9.17, 15) is 14.9 Å². The molecule has 1 aromatic carbocycles. The molecule has 108 valence electrons. The Morgan fingerprint density at radius 1 is 1.24 bits per heavy atom. The summed E-state index contributed by atoms with van der Waals surface area (Å²) in [5.74, 6) is -0.410. The number of halogens is 3. The lowest BCUT2D eigenvalue weighted by atomic mass is 10.2. The fourth-order valence-corrected chi connectivity index (χ4v) is 2.05. The molecule has 0 fully saturated rings. The first-order valence-electron chi connectivity index (χ1n) is 5.45. The van der Waals surface area contributed by atoms with E-state index in [0.717, 1.165) is 6.07 Å². The van der Waals surface area contributed by atoms with Gasteiger partial charge in [0.1, 0.15) is 10.8 Å². The molecule has 9 heteroatoms. The number of hydrogen-bond donors (Lipinski definition) is 1. The van der Waals surface area contributed by atoms with Gasteiger partial charge in [0.25, 0.3) is 11.6 Å². The number of carbonyl (C=O) groups is 1. The maximum Gasteiger partial charge on any atom is 0.290 e. The van der Waals surface area contributed by atoms with E-state index < -0.39 is 16.5 Å². The van der Waals surface area contributed by atoms with Gasteiger partial charge >= 0.3 is 0 Å². The van der Waals surface area contributed by atoms with Gasteiger partial charge in [-0.1, -0.05) is 34.8 Å². The Bertz CT molecular complexity index is 737. The standard InChI is InChI=1S/C12H6Cl3N3O3/c13-7-1-2-16-10(5-7)17-12(19)6-3-8(14)11(15)9(4-6)18(20)21/h1-5H,(H,16,17,19). The number of rotatable bonds is 3. The van der Waals surface area contributed by atoms with Crippen LogP contribution in [-0.2, 0) is 0 Å². The van der Waals surface area contributed by atoms with E-state index in [2.05, 4.69) is 10.3 Å². The zero-order chi connectivity index (χ0) is 15.6. The van der Waals surface area contributed by atoms with Crippen molar-refractivity contribution in [3.05, 3.63) is 61.2 Å². The topological polar surface area (TPSA) is 85.1 Å². The van der Waals surface area contributed by atoms with Crippen molar-refractivity contribution in [2.24, 2.45) is 0 Å². The number of anilines is 1. The van der Waals surface area contributed by atoms with Crippen molar-refractivity contribution in [1.29, 1.82) is 0 Å². The van der Waals surface area contributed by atoms with Gasteiger partial charge in [-0.05, 0) is 18.2 Å². The minimum atomic E-state index is -0.720. The number of carbonyl (C=O) groups excluding carboxylic acids is 1. The van der Waals surface area contributed by atoms with Crippen molar-refractivity contribution in [2.75, 3.05) is 5.32 Å². The third-order valence-corrected chi connectivity index (χ3v) is 3.46. The third kappa shape index (κ3) is 3.60. The highest BCUT2D eigenvalue weighted by molar-refractivity contribution is 6.43. The average Bonchev–Trinajstić information content (AvgIpc) is 2.41. The van der Waals surface area contributed by atoms with Crippen molar-refractivity contribution in [2.45, 2.75) is 0 Å². The molecule has 0 spiro atoms. The summed E-state index contributed by atoms with van der Waals surface area (Å²) in [5.41, 5.74) is -0.466. The average molecular weight is 347 g/mol. The van der Waals surface area contributed by atoms with Gasteiger partial charge in [-0.25, -0.2) is 4.98 Å². The van der Waals surface area contributed by atoms with Crippen LogP contribution in [0.25, 0.3) is 0 Å². The Kier molecular flexibility index (Phi) is 4.62. The van der Waals surface area contributed by atoms with Gasteiger partial charge in [0, 0.05) is 22.8 Å². The normalized spacial score (nSPS) is 10.2. The fourth-order valence-electron chi connectivity index (χ4n) is 1.50. The maximum atomic E-state index is 12.0. The fraction of sp³-hybridized carbons (Fsp3) is 0. The van der Waals surface area contributed by atoms with E-state index >= 15 is 0 Å². The van der Waals surface area contributed by atoms with E-state index in [0.29, 0.717) is 5.02 Å². The number of aromatic nitrogens is 1. The second kappa shape index (κ2) is 6.26. The number of benzene rings is 1. The monoisotopic (exact) mass is 345 g/mol. The van der Waals surface area contributed by atoms with E-state index in [1.165, 1.54) is 18.3 Å². The molecule has 0 aliphatic heterocycles. The van der Waals surface area contributed by atoms with Crippen LogP contribution in [0.5, 0.6) is 0 Å². The lowest BCUT2D eigenvalue weighted by molar-refractivity contribution is -0.384. The van der Waals surface area contributed by atoms with Crippen LogP contribution in [-0.4, -0.2) is 15.8 Å². The summed E-state index contributed by atoms with van der Waals surface area (Å²) in [6.07, 6.45) is 1.41. The molecule has 1 amide bonds. The van der Waals surface area contributed by atoms with Crippen molar-refractivity contribution >= 4 is 52.2 Å². The number of nitrogens with zero attached hydrogens (tertiary/aromatic N) is 2. The first-order valence-corrected chi connectivity index (χ1v) is 6.58. The predicted molar refractivity (Wildman–Crippen MR) is 80.3 cm³/mol. The molecule has 0 bridgehead atoms. The highest BCUT2D eigenvalue weighted by atomic mass is 35.5. The molecular formula is C12H6Cl3N3O3. The minimum absolute atomic E-state index is 0.0159. The maximum absolute atomic E-state index is 12.0. The Morgan fingerprint density at radius 3 is 2.57 bits per heavy atom. The number of nitro groups is 1. The molecular weight excluding hydrogens is 341 g/mol. The molecule has 1 aromatic heterocycles. The van der Waals surface area contributed by atoms with Crippen LogP contribution in [0, 0.1) is 10.1 Å². The summed E-state index contributed by atoms with van der Waals surface area (Å²) >= 11 is 17.3. The molecule has 1 N–H and O–H groups in total. The summed E-state index contributed by atoms with van der Waals surface area (Å²) in [6, 6.07) is 5.25. The van der Waals surface area contributed by atoms with Crippen LogP contribution in [0.3, 0.4) is 0 Å². The molecule has 2 rings (SSSR count). The summed E-state index contributed by atoms with van der Waals surface area (Å²) in [6.45, 7) is 0. The molecule has 1 heterocycles. The van der Waals surface area contributed by atoms with Crippen molar-refractivity contribution in [1.82, 2.24) is 4.98 Å². The first kappa shape index (κ1) is 15.5. The lowest BCUT2D eigenvalue weighted by Gasteiger charge is -2.06.